The minimum atomic E-state index is 0.682. The van der Waals surface area contributed by atoms with Gasteiger partial charge in [0.15, 0.2) is 0 Å². The van der Waals surface area contributed by atoms with Crippen molar-refractivity contribution in [3.63, 3.8) is 0 Å². The van der Waals surface area contributed by atoms with Gasteiger partial charge in [0.25, 0.3) is 0 Å². The normalized spacial score (nSPS) is 41.4. The zero-order chi connectivity index (χ0) is 13.2. The molecule has 3 rings (SSSR count). The summed E-state index contributed by atoms with van der Waals surface area (Å²) in [4.78, 5) is 2.82. The summed E-state index contributed by atoms with van der Waals surface area (Å²) < 4.78 is 0. The van der Waals surface area contributed by atoms with Crippen molar-refractivity contribution in [3.05, 3.63) is 0 Å². The molecule has 19 heavy (non-hydrogen) atoms. The molecule has 3 fully saturated rings. The lowest BCUT2D eigenvalue weighted by molar-refractivity contribution is 0.0384. The van der Waals surface area contributed by atoms with Crippen LogP contribution in [0.1, 0.15) is 64.7 Å². The third kappa shape index (κ3) is 3.16. The lowest BCUT2D eigenvalue weighted by Gasteiger charge is -2.46. The summed E-state index contributed by atoms with van der Waals surface area (Å²) in [5.74, 6) is 3.10. The fourth-order valence-electron chi connectivity index (χ4n) is 4.73. The molecule has 1 saturated heterocycles. The molecule has 2 saturated carbocycles. The van der Waals surface area contributed by atoms with Crippen LogP contribution < -0.4 is 5.73 Å². The van der Waals surface area contributed by atoms with Gasteiger partial charge in [-0.05, 0) is 62.8 Å². The van der Waals surface area contributed by atoms with Crippen molar-refractivity contribution in [3.8, 4) is 0 Å². The summed E-state index contributed by atoms with van der Waals surface area (Å²) in [7, 11) is 0. The lowest BCUT2D eigenvalue weighted by Crippen LogP contribution is -2.52. The first-order valence-electron chi connectivity index (χ1n) is 8.77. The standard InChI is InChI=1S/C17H32N2/c1-2-13-8-9-19(17(10-13)12-18)16-5-3-4-15(11-16)14-6-7-14/h13-17H,2-12,18H2,1H3. The Hall–Kier alpha value is -0.0800. The van der Waals surface area contributed by atoms with Crippen LogP contribution >= 0.6 is 0 Å². The van der Waals surface area contributed by atoms with Crippen LogP contribution in [0.3, 0.4) is 0 Å². The van der Waals surface area contributed by atoms with Crippen molar-refractivity contribution in [2.75, 3.05) is 13.1 Å². The maximum absolute atomic E-state index is 6.08. The molecule has 0 spiro atoms. The van der Waals surface area contributed by atoms with E-state index in [0.717, 1.165) is 30.3 Å². The van der Waals surface area contributed by atoms with Crippen LogP contribution in [0.5, 0.6) is 0 Å². The molecule has 2 nitrogen and oxygen atoms in total. The first-order valence-corrected chi connectivity index (χ1v) is 8.77. The van der Waals surface area contributed by atoms with E-state index >= 15 is 0 Å². The Morgan fingerprint density at radius 3 is 2.53 bits per heavy atom. The molecule has 1 heterocycles. The molecule has 0 bridgehead atoms. The number of hydrogen-bond acceptors (Lipinski definition) is 2. The Labute approximate surface area is 119 Å². The molecule has 0 aromatic carbocycles. The molecule has 0 aromatic heterocycles. The predicted molar refractivity (Wildman–Crippen MR) is 81.0 cm³/mol. The van der Waals surface area contributed by atoms with E-state index in [1.807, 2.05) is 0 Å². The Morgan fingerprint density at radius 2 is 1.84 bits per heavy atom. The van der Waals surface area contributed by atoms with E-state index in [1.165, 1.54) is 64.3 Å². The van der Waals surface area contributed by atoms with Gasteiger partial charge in [-0.1, -0.05) is 26.2 Å². The minimum Gasteiger partial charge on any atom is -0.329 e. The molecule has 0 radical (unpaired) electrons. The monoisotopic (exact) mass is 264 g/mol. The van der Waals surface area contributed by atoms with Crippen molar-refractivity contribution in [1.82, 2.24) is 4.90 Å². The second kappa shape index (κ2) is 6.13. The Morgan fingerprint density at radius 1 is 1.00 bits per heavy atom. The van der Waals surface area contributed by atoms with Crippen LogP contribution in [0.15, 0.2) is 0 Å². The summed E-state index contributed by atoms with van der Waals surface area (Å²) in [5, 5.41) is 0. The van der Waals surface area contributed by atoms with Gasteiger partial charge >= 0.3 is 0 Å². The van der Waals surface area contributed by atoms with Crippen LogP contribution in [0.4, 0.5) is 0 Å². The van der Waals surface area contributed by atoms with Crippen molar-refractivity contribution < 1.29 is 0 Å². The van der Waals surface area contributed by atoms with Crippen LogP contribution in [0, 0.1) is 17.8 Å². The molecule has 1 aliphatic heterocycles. The van der Waals surface area contributed by atoms with E-state index in [9.17, 15) is 0 Å². The topological polar surface area (TPSA) is 29.3 Å². The summed E-state index contributed by atoms with van der Waals surface area (Å²) in [5.41, 5.74) is 6.08. The Bertz CT molecular complexity index is 287. The molecular weight excluding hydrogens is 232 g/mol. The number of rotatable bonds is 4. The maximum Gasteiger partial charge on any atom is 0.0223 e. The first-order chi connectivity index (χ1) is 9.31. The van der Waals surface area contributed by atoms with Gasteiger partial charge < -0.3 is 5.73 Å². The van der Waals surface area contributed by atoms with Crippen molar-refractivity contribution in [1.29, 1.82) is 0 Å². The number of likely N-dealkylation sites (tertiary alicyclic amines) is 1. The fourth-order valence-corrected chi connectivity index (χ4v) is 4.73. The van der Waals surface area contributed by atoms with Crippen LogP contribution in [-0.4, -0.2) is 30.1 Å². The highest BCUT2D eigenvalue weighted by molar-refractivity contribution is 4.92. The molecule has 4 atom stereocenters. The van der Waals surface area contributed by atoms with Gasteiger partial charge in [-0.3, -0.25) is 4.90 Å². The zero-order valence-electron chi connectivity index (χ0n) is 12.7. The van der Waals surface area contributed by atoms with Crippen molar-refractivity contribution >= 4 is 0 Å². The zero-order valence-corrected chi connectivity index (χ0v) is 12.7. The maximum atomic E-state index is 6.08. The molecule has 110 valence electrons. The fraction of sp³-hybridized carbons (Fsp3) is 1.00. The highest BCUT2D eigenvalue weighted by Gasteiger charge is 2.38. The van der Waals surface area contributed by atoms with E-state index in [0.29, 0.717) is 6.04 Å². The first kappa shape index (κ1) is 13.9. The van der Waals surface area contributed by atoms with Gasteiger partial charge in [0.1, 0.15) is 0 Å². The lowest BCUT2D eigenvalue weighted by atomic mass is 9.79. The average molecular weight is 264 g/mol. The van der Waals surface area contributed by atoms with E-state index < -0.39 is 0 Å². The van der Waals surface area contributed by atoms with Gasteiger partial charge in [-0.25, -0.2) is 0 Å². The third-order valence-electron chi connectivity index (χ3n) is 6.16. The molecule has 0 amide bonds. The third-order valence-corrected chi connectivity index (χ3v) is 6.16. The van der Waals surface area contributed by atoms with E-state index in [1.54, 1.807) is 0 Å². The van der Waals surface area contributed by atoms with Crippen LogP contribution in [0.25, 0.3) is 0 Å². The van der Waals surface area contributed by atoms with Gasteiger partial charge in [-0.2, -0.15) is 0 Å². The number of nitrogens with zero attached hydrogens (tertiary/aromatic N) is 1. The SMILES string of the molecule is CCC1CCN(C2CCCC(C3CC3)C2)C(CN)C1. The molecule has 2 N–H and O–H groups in total. The molecule has 0 aromatic rings. The number of piperidine rings is 1. The summed E-state index contributed by atoms with van der Waals surface area (Å²) in [6.07, 6.45) is 13.1. The van der Waals surface area contributed by atoms with Gasteiger partial charge in [0.2, 0.25) is 0 Å². The smallest absolute Gasteiger partial charge is 0.0223 e. The largest absolute Gasteiger partial charge is 0.329 e. The van der Waals surface area contributed by atoms with E-state index in [-0.39, 0.29) is 0 Å². The molecule has 2 aliphatic carbocycles. The summed E-state index contributed by atoms with van der Waals surface area (Å²) in [6.45, 7) is 4.54. The molecule has 2 heteroatoms. The van der Waals surface area contributed by atoms with Crippen LogP contribution in [0.2, 0.25) is 0 Å². The molecule has 4 unspecified atom stereocenters. The van der Waals surface area contributed by atoms with Gasteiger partial charge in [0.05, 0.1) is 0 Å². The van der Waals surface area contributed by atoms with Crippen molar-refractivity contribution in [2.24, 2.45) is 23.5 Å². The average Bonchev–Trinajstić information content (AvgIpc) is 3.31. The van der Waals surface area contributed by atoms with Gasteiger partial charge in [-0.15, -0.1) is 0 Å². The predicted octanol–water partition coefficient (Wildman–Crippen LogP) is 3.40. The minimum absolute atomic E-state index is 0.682. The summed E-state index contributed by atoms with van der Waals surface area (Å²) >= 11 is 0. The van der Waals surface area contributed by atoms with Crippen LogP contribution in [-0.2, 0) is 0 Å². The van der Waals surface area contributed by atoms with E-state index in [2.05, 4.69) is 11.8 Å². The van der Waals surface area contributed by atoms with Crippen molar-refractivity contribution in [2.45, 2.75) is 76.8 Å². The number of nitrogens with two attached hydrogens (primary N) is 1. The van der Waals surface area contributed by atoms with Gasteiger partial charge in [0, 0.05) is 18.6 Å². The second-order valence-electron chi connectivity index (χ2n) is 7.34. The highest BCUT2D eigenvalue weighted by atomic mass is 15.2. The Kier molecular flexibility index (Phi) is 4.48. The molecule has 3 aliphatic rings. The second-order valence-corrected chi connectivity index (χ2v) is 7.34. The summed E-state index contributed by atoms with van der Waals surface area (Å²) in [6, 6.07) is 1.55. The number of hydrogen-bond donors (Lipinski definition) is 1. The van der Waals surface area contributed by atoms with E-state index in [4.69, 9.17) is 5.73 Å². The highest BCUT2D eigenvalue weighted by Crippen LogP contribution is 2.45. The Balaban J connectivity index is 1.59. The molecular formula is C17H32N2. The quantitative estimate of drug-likeness (QED) is 0.843.